The van der Waals surface area contributed by atoms with Crippen LogP contribution in [-0.4, -0.2) is 60.4 Å². The van der Waals surface area contributed by atoms with Crippen molar-refractivity contribution in [1.82, 2.24) is 10.2 Å². The molecule has 1 saturated heterocycles. The number of ether oxygens (including phenoxy) is 1. The second-order valence-corrected chi connectivity index (χ2v) is 5.80. The zero-order valence-electron chi connectivity index (χ0n) is 13.2. The van der Waals surface area contributed by atoms with Gasteiger partial charge in [-0.2, -0.15) is 0 Å². The molecule has 0 bridgehead atoms. The molecule has 118 valence electrons. The van der Waals surface area contributed by atoms with Crippen molar-refractivity contribution in [1.29, 1.82) is 0 Å². The minimum atomic E-state index is -0.788. The highest BCUT2D eigenvalue weighted by atomic mass is 16.5. The summed E-state index contributed by atoms with van der Waals surface area (Å²) in [5.74, 6) is -0.753. The van der Waals surface area contributed by atoms with Gasteiger partial charge in [0.25, 0.3) is 0 Å². The van der Waals surface area contributed by atoms with Gasteiger partial charge in [0.2, 0.25) is 0 Å². The molecule has 20 heavy (non-hydrogen) atoms. The summed E-state index contributed by atoms with van der Waals surface area (Å²) in [6, 6.07) is 0.531. The van der Waals surface area contributed by atoms with Crippen LogP contribution in [0.25, 0.3) is 0 Å². The summed E-state index contributed by atoms with van der Waals surface area (Å²) in [6.45, 7) is 10.3. The van der Waals surface area contributed by atoms with Crippen LogP contribution in [0.1, 0.15) is 46.5 Å². The van der Waals surface area contributed by atoms with E-state index in [-0.39, 0.29) is 0 Å². The normalized spacial score (nSPS) is 23.4. The summed E-state index contributed by atoms with van der Waals surface area (Å²) in [5, 5.41) is 12.4. The summed E-state index contributed by atoms with van der Waals surface area (Å²) >= 11 is 0. The zero-order valence-corrected chi connectivity index (χ0v) is 13.2. The Morgan fingerprint density at radius 1 is 1.45 bits per heavy atom. The molecule has 5 heteroatoms. The fourth-order valence-electron chi connectivity index (χ4n) is 2.81. The largest absolute Gasteiger partial charge is 0.480 e. The van der Waals surface area contributed by atoms with Crippen molar-refractivity contribution in [2.45, 2.75) is 58.0 Å². The molecule has 1 aliphatic rings. The van der Waals surface area contributed by atoms with Gasteiger partial charge in [-0.1, -0.05) is 13.8 Å². The van der Waals surface area contributed by atoms with Crippen LogP contribution in [0.15, 0.2) is 0 Å². The number of nitrogens with one attached hydrogen (secondary N) is 1. The molecule has 1 rings (SSSR count). The van der Waals surface area contributed by atoms with Gasteiger partial charge in [0.15, 0.2) is 0 Å². The summed E-state index contributed by atoms with van der Waals surface area (Å²) in [4.78, 5) is 13.8. The number of aliphatic carboxylic acids is 1. The number of carboxylic acid groups (broad SMARTS) is 1. The zero-order chi connectivity index (χ0) is 15.0. The quantitative estimate of drug-likeness (QED) is 0.632. The van der Waals surface area contributed by atoms with Gasteiger partial charge in [0.05, 0.1) is 13.2 Å². The maximum atomic E-state index is 11.3. The van der Waals surface area contributed by atoms with Crippen molar-refractivity contribution in [3.63, 3.8) is 0 Å². The molecule has 0 aromatic heterocycles. The highest BCUT2D eigenvalue weighted by molar-refractivity contribution is 5.78. The number of carboxylic acids is 1. The Kier molecular flexibility index (Phi) is 7.48. The molecule has 0 aromatic carbocycles. The van der Waals surface area contributed by atoms with Gasteiger partial charge in [0.1, 0.15) is 5.54 Å². The lowest BCUT2D eigenvalue weighted by Gasteiger charge is -2.35. The molecule has 1 aliphatic heterocycles. The molecule has 1 heterocycles. The van der Waals surface area contributed by atoms with E-state index in [4.69, 9.17) is 4.74 Å². The maximum Gasteiger partial charge on any atom is 0.323 e. The van der Waals surface area contributed by atoms with Crippen LogP contribution in [-0.2, 0) is 9.53 Å². The van der Waals surface area contributed by atoms with Gasteiger partial charge in [0, 0.05) is 12.6 Å². The fourth-order valence-corrected chi connectivity index (χ4v) is 2.81. The lowest BCUT2D eigenvalue weighted by Crippen LogP contribution is -2.49. The molecule has 0 radical (unpaired) electrons. The van der Waals surface area contributed by atoms with Gasteiger partial charge in [-0.25, -0.2) is 0 Å². The van der Waals surface area contributed by atoms with E-state index in [1.807, 2.05) is 6.92 Å². The van der Waals surface area contributed by atoms with Crippen LogP contribution in [0.2, 0.25) is 0 Å². The summed E-state index contributed by atoms with van der Waals surface area (Å²) in [7, 11) is 0. The van der Waals surface area contributed by atoms with E-state index in [2.05, 4.69) is 17.1 Å². The van der Waals surface area contributed by atoms with Crippen LogP contribution in [0.4, 0.5) is 0 Å². The van der Waals surface area contributed by atoms with Crippen LogP contribution in [0.5, 0.6) is 0 Å². The summed E-state index contributed by atoms with van der Waals surface area (Å²) < 4.78 is 5.50. The average Bonchev–Trinajstić information content (AvgIpc) is 2.44. The summed E-state index contributed by atoms with van der Waals surface area (Å²) in [5.41, 5.74) is -0.788. The first-order chi connectivity index (χ1) is 9.53. The van der Waals surface area contributed by atoms with Gasteiger partial charge in [-0.15, -0.1) is 0 Å². The monoisotopic (exact) mass is 286 g/mol. The van der Waals surface area contributed by atoms with Crippen molar-refractivity contribution in [2.75, 3.05) is 32.8 Å². The van der Waals surface area contributed by atoms with E-state index < -0.39 is 11.5 Å². The Morgan fingerprint density at radius 2 is 2.20 bits per heavy atom. The smallest absolute Gasteiger partial charge is 0.323 e. The SMILES string of the molecule is CCNC(C)(CCCCN1CCOCC1CC)C(=O)O. The third-order valence-corrected chi connectivity index (χ3v) is 4.23. The van der Waals surface area contributed by atoms with Crippen LogP contribution < -0.4 is 5.32 Å². The highest BCUT2D eigenvalue weighted by Gasteiger charge is 2.31. The minimum Gasteiger partial charge on any atom is -0.480 e. The van der Waals surface area contributed by atoms with E-state index in [1.165, 1.54) is 0 Å². The Labute approximate surface area is 122 Å². The lowest BCUT2D eigenvalue weighted by atomic mass is 9.94. The first-order valence-corrected chi connectivity index (χ1v) is 7.83. The minimum absolute atomic E-state index is 0.531. The predicted octanol–water partition coefficient (Wildman–Crippen LogP) is 1.72. The molecular formula is C15H30N2O3. The Morgan fingerprint density at radius 3 is 2.80 bits per heavy atom. The molecule has 1 fully saturated rings. The summed E-state index contributed by atoms with van der Waals surface area (Å²) in [6.07, 6.45) is 3.77. The van der Waals surface area contributed by atoms with Gasteiger partial charge in [-0.05, 0) is 45.7 Å². The molecule has 0 saturated carbocycles. The number of hydrogen-bond acceptors (Lipinski definition) is 4. The first-order valence-electron chi connectivity index (χ1n) is 7.83. The van der Waals surface area contributed by atoms with Crippen LogP contribution in [0.3, 0.4) is 0 Å². The molecule has 2 atom stereocenters. The van der Waals surface area contributed by atoms with Crippen molar-refractivity contribution >= 4 is 5.97 Å². The molecule has 5 nitrogen and oxygen atoms in total. The number of rotatable bonds is 9. The molecular weight excluding hydrogens is 256 g/mol. The number of hydrogen-bond donors (Lipinski definition) is 2. The van der Waals surface area contributed by atoms with Crippen LogP contribution in [0, 0.1) is 0 Å². The van der Waals surface area contributed by atoms with Crippen molar-refractivity contribution < 1.29 is 14.6 Å². The molecule has 2 N–H and O–H groups in total. The molecule has 0 aromatic rings. The number of likely N-dealkylation sites (N-methyl/N-ethyl adjacent to an activating group) is 1. The van der Waals surface area contributed by atoms with Gasteiger partial charge in [-0.3, -0.25) is 9.69 Å². The Balaban J connectivity index is 2.30. The molecule has 0 aliphatic carbocycles. The maximum absolute atomic E-state index is 11.3. The average molecular weight is 286 g/mol. The second-order valence-electron chi connectivity index (χ2n) is 5.80. The molecule has 0 amide bonds. The molecule has 2 unspecified atom stereocenters. The number of nitrogens with zero attached hydrogens (tertiary/aromatic N) is 1. The van der Waals surface area contributed by atoms with E-state index in [9.17, 15) is 9.90 Å². The second kappa shape index (κ2) is 8.60. The predicted molar refractivity (Wildman–Crippen MR) is 80.0 cm³/mol. The standard InChI is InChI=1S/C15H30N2O3/c1-4-13-12-20-11-10-17(13)9-7-6-8-15(3,14(18)19)16-5-2/h13,16H,4-12H2,1-3H3,(H,18,19). The number of morpholine rings is 1. The van der Waals surface area contributed by atoms with E-state index in [0.29, 0.717) is 19.0 Å². The van der Waals surface area contributed by atoms with Gasteiger partial charge >= 0.3 is 5.97 Å². The third-order valence-electron chi connectivity index (χ3n) is 4.23. The van der Waals surface area contributed by atoms with Crippen molar-refractivity contribution in [3.05, 3.63) is 0 Å². The van der Waals surface area contributed by atoms with E-state index in [1.54, 1.807) is 6.92 Å². The van der Waals surface area contributed by atoms with Gasteiger partial charge < -0.3 is 15.2 Å². The van der Waals surface area contributed by atoms with Crippen LogP contribution >= 0.6 is 0 Å². The highest BCUT2D eigenvalue weighted by Crippen LogP contribution is 2.16. The van der Waals surface area contributed by atoms with E-state index in [0.717, 1.165) is 45.6 Å². The number of unbranched alkanes of at least 4 members (excludes halogenated alkanes) is 1. The first kappa shape index (κ1) is 17.4. The lowest BCUT2D eigenvalue weighted by molar-refractivity contribution is -0.144. The Bertz CT molecular complexity index is 299. The Hall–Kier alpha value is -0.650. The molecule has 0 spiro atoms. The third kappa shape index (κ3) is 5.04. The number of carbonyl (C=O) groups is 1. The topological polar surface area (TPSA) is 61.8 Å². The fraction of sp³-hybridized carbons (Fsp3) is 0.933. The van der Waals surface area contributed by atoms with Crippen molar-refractivity contribution in [3.8, 4) is 0 Å². The van der Waals surface area contributed by atoms with Crippen molar-refractivity contribution in [2.24, 2.45) is 0 Å². The van der Waals surface area contributed by atoms with E-state index >= 15 is 0 Å².